The lowest BCUT2D eigenvalue weighted by Crippen LogP contribution is -2.11. The van der Waals surface area contributed by atoms with E-state index in [4.69, 9.17) is 9.73 Å². The number of para-hydroxylation sites is 1. The van der Waals surface area contributed by atoms with Crippen molar-refractivity contribution in [3.63, 3.8) is 0 Å². The van der Waals surface area contributed by atoms with Crippen LogP contribution in [0.25, 0.3) is 0 Å². The molecule has 0 aliphatic heterocycles. The molecule has 0 aliphatic rings. The van der Waals surface area contributed by atoms with Crippen LogP contribution < -0.4 is 4.74 Å². The summed E-state index contributed by atoms with van der Waals surface area (Å²) in [4.78, 5) is 4.70. The van der Waals surface area contributed by atoms with Crippen LogP contribution in [-0.2, 0) is 5.41 Å². The highest BCUT2D eigenvalue weighted by atomic mass is 16.5. The quantitative estimate of drug-likeness (QED) is 0.698. The third-order valence-electron chi connectivity index (χ3n) is 3.87. The second kappa shape index (κ2) is 6.35. The molecule has 2 nitrogen and oxygen atoms in total. The zero-order valence-corrected chi connectivity index (χ0v) is 14.4. The van der Waals surface area contributed by atoms with E-state index in [1.165, 1.54) is 16.7 Å². The van der Waals surface area contributed by atoms with Crippen molar-refractivity contribution in [3.8, 4) is 5.75 Å². The number of methoxy groups -OCH3 is 1. The summed E-state index contributed by atoms with van der Waals surface area (Å²) in [6.45, 7) is 10.8. The van der Waals surface area contributed by atoms with E-state index in [2.05, 4.69) is 65.0 Å². The van der Waals surface area contributed by atoms with Crippen LogP contribution in [0.4, 0.5) is 5.69 Å². The lowest BCUT2D eigenvalue weighted by Gasteiger charge is -2.20. The molecule has 0 saturated heterocycles. The van der Waals surface area contributed by atoms with Gasteiger partial charge in [0, 0.05) is 11.8 Å². The van der Waals surface area contributed by atoms with E-state index in [9.17, 15) is 0 Å². The van der Waals surface area contributed by atoms with Crippen LogP contribution in [0.5, 0.6) is 5.75 Å². The van der Waals surface area contributed by atoms with Gasteiger partial charge in [-0.1, -0.05) is 45.0 Å². The largest absolute Gasteiger partial charge is 0.496 e. The molecule has 0 fully saturated rings. The number of aryl methyl sites for hydroxylation is 2. The molecule has 2 aromatic carbocycles. The standard InChI is InChI=1S/C20H25NO/c1-14-8-7-9-15(2)19(14)21-13-16-12-17(20(3,4)5)10-11-18(16)22-6/h7-13H,1-6H3. The molecule has 0 radical (unpaired) electrons. The van der Waals surface area contributed by atoms with Crippen molar-refractivity contribution in [2.24, 2.45) is 4.99 Å². The molecule has 116 valence electrons. The first-order valence-corrected chi connectivity index (χ1v) is 7.61. The van der Waals surface area contributed by atoms with E-state index in [0.717, 1.165) is 17.0 Å². The zero-order chi connectivity index (χ0) is 16.3. The van der Waals surface area contributed by atoms with Crippen molar-refractivity contribution in [2.75, 3.05) is 7.11 Å². The zero-order valence-electron chi connectivity index (χ0n) is 14.4. The minimum absolute atomic E-state index is 0.105. The van der Waals surface area contributed by atoms with Gasteiger partial charge < -0.3 is 4.74 Å². The Balaban J connectivity index is 2.45. The summed E-state index contributed by atoms with van der Waals surface area (Å²) < 4.78 is 5.47. The van der Waals surface area contributed by atoms with Gasteiger partial charge in [-0.25, -0.2) is 0 Å². The minimum Gasteiger partial charge on any atom is -0.496 e. The number of ether oxygens (including phenoxy) is 1. The Morgan fingerprint density at radius 2 is 1.64 bits per heavy atom. The van der Waals surface area contributed by atoms with Gasteiger partial charge in [0.2, 0.25) is 0 Å². The average Bonchev–Trinajstić information content (AvgIpc) is 2.45. The molecular formula is C20H25NO. The molecule has 0 saturated carbocycles. The van der Waals surface area contributed by atoms with Gasteiger partial charge in [0.05, 0.1) is 12.8 Å². The first-order valence-electron chi connectivity index (χ1n) is 7.61. The summed E-state index contributed by atoms with van der Waals surface area (Å²) in [5, 5.41) is 0. The highest BCUT2D eigenvalue weighted by Gasteiger charge is 2.15. The van der Waals surface area contributed by atoms with Crippen LogP contribution in [0.3, 0.4) is 0 Å². The second-order valence-electron chi connectivity index (χ2n) is 6.71. The number of rotatable bonds is 3. The van der Waals surface area contributed by atoms with E-state index in [-0.39, 0.29) is 5.41 Å². The number of hydrogen-bond donors (Lipinski definition) is 0. The number of benzene rings is 2. The summed E-state index contributed by atoms with van der Waals surface area (Å²) in [7, 11) is 1.70. The van der Waals surface area contributed by atoms with Crippen molar-refractivity contribution < 1.29 is 4.74 Å². The highest BCUT2D eigenvalue weighted by molar-refractivity contribution is 5.86. The van der Waals surface area contributed by atoms with Gasteiger partial charge >= 0.3 is 0 Å². The van der Waals surface area contributed by atoms with Gasteiger partial charge in [-0.15, -0.1) is 0 Å². The SMILES string of the molecule is COc1ccc(C(C)(C)C)cc1C=Nc1c(C)cccc1C. The van der Waals surface area contributed by atoms with Crippen molar-refractivity contribution in [2.45, 2.75) is 40.0 Å². The maximum absolute atomic E-state index is 5.47. The summed E-state index contributed by atoms with van der Waals surface area (Å²) >= 11 is 0. The van der Waals surface area contributed by atoms with Gasteiger partial charge in [0.15, 0.2) is 0 Å². The molecule has 2 heteroatoms. The molecule has 0 atom stereocenters. The Bertz CT molecular complexity index is 673. The molecule has 0 amide bonds. The summed E-state index contributed by atoms with van der Waals surface area (Å²) in [5.41, 5.74) is 5.79. The Labute approximate surface area is 133 Å². The van der Waals surface area contributed by atoms with Crippen molar-refractivity contribution in [1.29, 1.82) is 0 Å². The fraction of sp³-hybridized carbons (Fsp3) is 0.350. The van der Waals surface area contributed by atoms with Crippen LogP contribution in [0.15, 0.2) is 41.4 Å². The number of nitrogens with zero attached hydrogens (tertiary/aromatic N) is 1. The fourth-order valence-electron chi connectivity index (χ4n) is 2.45. The molecular weight excluding hydrogens is 270 g/mol. The van der Waals surface area contributed by atoms with Gasteiger partial charge in [0.25, 0.3) is 0 Å². The topological polar surface area (TPSA) is 21.6 Å². The van der Waals surface area contributed by atoms with E-state index >= 15 is 0 Å². The third kappa shape index (κ3) is 3.56. The van der Waals surface area contributed by atoms with Crippen LogP contribution in [-0.4, -0.2) is 13.3 Å². The number of aliphatic imine (C=N–C) groups is 1. The van der Waals surface area contributed by atoms with Crippen LogP contribution in [0.1, 0.15) is 43.0 Å². The highest BCUT2D eigenvalue weighted by Crippen LogP contribution is 2.28. The average molecular weight is 295 g/mol. The molecule has 2 rings (SSSR count). The fourth-order valence-corrected chi connectivity index (χ4v) is 2.45. The van der Waals surface area contributed by atoms with Gasteiger partial charge in [-0.05, 0) is 48.1 Å². The predicted octanol–water partition coefficient (Wildman–Crippen LogP) is 5.36. The molecule has 0 N–H and O–H groups in total. The third-order valence-corrected chi connectivity index (χ3v) is 3.87. The normalized spacial score (nSPS) is 11.9. The van der Waals surface area contributed by atoms with Gasteiger partial charge in [-0.3, -0.25) is 4.99 Å². The number of hydrogen-bond acceptors (Lipinski definition) is 2. The lowest BCUT2D eigenvalue weighted by atomic mass is 9.86. The maximum Gasteiger partial charge on any atom is 0.127 e. The molecule has 0 heterocycles. The molecule has 0 spiro atoms. The summed E-state index contributed by atoms with van der Waals surface area (Å²) in [5.74, 6) is 0.850. The maximum atomic E-state index is 5.47. The Hall–Kier alpha value is -2.09. The van der Waals surface area contributed by atoms with E-state index in [1.807, 2.05) is 12.3 Å². The van der Waals surface area contributed by atoms with Crippen LogP contribution >= 0.6 is 0 Å². The Morgan fingerprint density at radius 3 is 2.18 bits per heavy atom. The van der Waals surface area contributed by atoms with Crippen LogP contribution in [0.2, 0.25) is 0 Å². The first kappa shape index (κ1) is 16.3. The van der Waals surface area contributed by atoms with E-state index in [0.29, 0.717) is 0 Å². The van der Waals surface area contributed by atoms with Crippen molar-refractivity contribution >= 4 is 11.9 Å². The molecule has 0 aromatic heterocycles. The molecule has 0 unspecified atom stereocenters. The monoisotopic (exact) mass is 295 g/mol. The first-order chi connectivity index (χ1) is 10.3. The lowest BCUT2D eigenvalue weighted by molar-refractivity contribution is 0.413. The predicted molar refractivity (Wildman–Crippen MR) is 94.9 cm³/mol. The van der Waals surface area contributed by atoms with E-state index < -0.39 is 0 Å². The minimum atomic E-state index is 0.105. The second-order valence-corrected chi connectivity index (χ2v) is 6.71. The van der Waals surface area contributed by atoms with Crippen LogP contribution in [0, 0.1) is 13.8 Å². The summed E-state index contributed by atoms with van der Waals surface area (Å²) in [6, 6.07) is 12.5. The molecule has 22 heavy (non-hydrogen) atoms. The van der Waals surface area contributed by atoms with Gasteiger partial charge in [0.1, 0.15) is 5.75 Å². The van der Waals surface area contributed by atoms with E-state index in [1.54, 1.807) is 7.11 Å². The van der Waals surface area contributed by atoms with Gasteiger partial charge in [-0.2, -0.15) is 0 Å². The molecule has 0 aliphatic carbocycles. The molecule has 0 bridgehead atoms. The smallest absolute Gasteiger partial charge is 0.127 e. The Morgan fingerprint density at radius 1 is 1.00 bits per heavy atom. The van der Waals surface area contributed by atoms with Crippen molar-refractivity contribution in [3.05, 3.63) is 58.7 Å². The Kier molecular flexibility index (Phi) is 4.70. The summed E-state index contributed by atoms with van der Waals surface area (Å²) in [6.07, 6.45) is 1.91. The van der Waals surface area contributed by atoms with Crippen molar-refractivity contribution in [1.82, 2.24) is 0 Å². The molecule has 2 aromatic rings.